The standard InChI is InChI=1S/C7H14N2/c1-6(2)7-4-3-5-8-9-7/h7-9H,1,3-5H2,2H3. The van der Waals surface area contributed by atoms with Crippen LogP contribution in [0.4, 0.5) is 0 Å². The zero-order valence-corrected chi connectivity index (χ0v) is 5.91. The van der Waals surface area contributed by atoms with Crippen LogP contribution < -0.4 is 10.9 Å². The quantitative estimate of drug-likeness (QED) is 0.508. The number of hydrogen-bond acceptors (Lipinski definition) is 2. The smallest absolute Gasteiger partial charge is 0.0417 e. The molecule has 52 valence electrons. The van der Waals surface area contributed by atoms with Crippen LogP contribution in [0.15, 0.2) is 12.2 Å². The first kappa shape index (κ1) is 6.78. The van der Waals surface area contributed by atoms with E-state index in [0.717, 1.165) is 6.54 Å². The molecule has 0 bridgehead atoms. The highest BCUT2D eigenvalue weighted by molar-refractivity contribution is 5.01. The van der Waals surface area contributed by atoms with Gasteiger partial charge in [0.2, 0.25) is 0 Å². The van der Waals surface area contributed by atoms with Crippen molar-refractivity contribution in [3.8, 4) is 0 Å². The second-order valence-electron chi connectivity index (χ2n) is 2.61. The predicted octanol–water partition coefficient (Wildman–Crippen LogP) is 0.819. The van der Waals surface area contributed by atoms with Gasteiger partial charge in [0, 0.05) is 12.6 Å². The highest BCUT2D eigenvalue weighted by Gasteiger charge is 2.11. The minimum absolute atomic E-state index is 0.499. The van der Waals surface area contributed by atoms with Crippen LogP contribution in [0, 0.1) is 0 Å². The molecule has 2 nitrogen and oxygen atoms in total. The minimum Gasteiger partial charge on any atom is -0.257 e. The Morgan fingerprint density at radius 1 is 1.67 bits per heavy atom. The lowest BCUT2D eigenvalue weighted by molar-refractivity contribution is 0.376. The Hall–Kier alpha value is -0.340. The van der Waals surface area contributed by atoms with Gasteiger partial charge in [-0.1, -0.05) is 12.2 Å². The van der Waals surface area contributed by atoms with Gasteiger partial charge in [-0.2, -0.15) is 0 Å². The Labute approximate surface area is 56.3 Å². The maximum Gasteiger partial charge on any atom is 0.0417 e. The van der Waals surface area contributed by atoms with Crippen LogP contribution in [0.1, 0.15) is 19.8 Å². The Bertz CT molecular complexity index is 103. The van der Waals surface area contributed by atoms with Crippen LogP contribution >= 0.6 is 0 Å². The highest BCUT2D eigenvalue weighted by atomic mass is 15.4. The van der Waals surface area contributed by atoms with E-state index in [1.54, 1.807) is 0 Å². The van der Waals surface area contributed by atoms with Gasteiger partial charge in [0.25, 0.3) is 0 Å². The van der Waals surface area contributed by atoms with Gasteiger partial charge in [0.15, 0.2) is 0 Å². The van der Waals surface area contributed by atoms with Crippen LogP contribution in [0.25, 0.3) is 0 Å². The molecule has 1 heterocycles. The van der Waals surface area contributed by atoms with Crippen molar-refractivity contribution in [1.82, 2.24) is 10.9 Å². The first-order valence-corrected chi connectivity index (χ1v) is 3.44. The zero-order chi connectivity index (χ0) is 6.69. The molecule has 1 unspecified atom stereocenters. The lowest BCUT2D eigenvalue weighted by Gasteiger charge is -2.24. The predicted molar refractivity (Wildman–Crippen MR) is 39.0 cm³/mol. The number of rotatable bonds is 1. The first-order valence-electron chi connectivity index (χ1n) is 3.44. The lowest BCUT2D eigenvalue weighted by atomic mass is 10.0. The van der Waals surface area contributed by atoms with Crippen LogP contribution in [-0.2, 0) is 0 Å². The fraction of sp³-hybridized carbons (Fsp3) is 0.714. The molecule has 1 aliphatic heterocycles. The molecule has 1 rings (SSSR count). The average Bonchev–Trinajstić information content (AvgIpc) is 1.90. The van der Waals surface area contributed by atoms with E-state index in [9.17, 15) is 0 Å². The third-order valence-corrected chi connectivity index (χ3v) is 1.67. The third kappa shape index (κ3) is 1.80. The summed E-state index contributed by atoms with van der Waals surface area (Å²) < 4.78 is 0. The lowest BCUT2D eigenvalue weighted by Crippen LogP contribution is -2.46. The summed E-state index contributed by atoms with van der Waals surface area (Å²) in [6.45, 7) is 7.02. The summed E-state index contributed by atoms with van der Waals surface area (Å²) in [5.74, 6) is 0. The molecule has 0 saturated carbocycles. The van der Waals surface area contributed by atoms with Crippen molar-refractivity contribution in [2.75, 3.05) is 6.54 Å². The van der Waals surface area contributed by atoms with E-state index in [-0.39, 0.29) is 0 Å². The van der Waals surface area contributed by atoms with Gasteiger partial charge in [-0.15, -0.1) is 0 Å². The van der Waals surface area contributed by atoms with Gasteiger partial charge in [0.05, 0.1) is 0 Å². The van der Waals surface area contributed by atoms with Crippen molar-refractivity contribution in [3.05, 3.63) is 12.2 Å². The van der Waals surface area contributed by atoms with Crippen LogP contribution in [0.2, 0.25) is 0 Å². The molecule has 2 N–H and O–H groups in total. The average molecular weight is 126 g/mol. The van der Waals surface area contributed by atoms with Gasteiger partial charge in [0.1, 0.15) is 0 Å². The third-order valence-electron chi connectivity index (χ3n) is 1.67. The minimum atomic E-state index is 0.499. The van der Waals surface area contributed by atoms with E-state index in [2.05, 4.69) is 24.4 Å². The van der Waals surface area contributed by atoms with Crippen molar-refractivity contribution in [2.24, 2.45) is 0 Å². The van der Waals surface area contributed by atoms with Crippen molar-refractivity contribution in [3.63, 3.8) is 0 Å². The summed E-state index contributed by atoms with van der Waals surface area (Å²) in [7, 11) is 0. The molecule has 0 aliphatic carbocycles. The highest BCUT2D eigenvalue weighted by Crippen LogP contribution is 2.07. The molecule has 0 aromatic rings. The SMILES string of the molecule is C=C(C)C1CCCNN1. The fourth-order valence-electron chi connectivity index (χ4n) is 1.03. The summed E-state index contributed by atoms with van der Waals surface area (Å²) in [5.41, 5.74) is 7.50. The van der Waals surface area contributed by atoms with E-state index >= 15 is 0 Å². The van der Waals surface area contributed by atoms with Crippen molar-refractivity contribution >= 4 is 0 Å². The summed E-state index contributed by atoms with van der Waals surface area (Å²) in [6.07, 6.45) is 2.48. The summed E-state index contributed by atoms with van der Waals surface area (Å²) in [5, 5.41) is 0. The normalized spacial score (nSPS) is 27.9. The molecular weight excluding hydrogens is 112 g/mol. The molecule has 0 aromatic carbocycles. The first-order chi connectivity index (χ1) is 4.30. The van der Waals surface area contributed by atoms with Crippen LogP contribution in [0.3, 0.4) is 0 Å². The van der Waals surface area contributed by atoms with E-state index in [1.165, 1.54) is 18.4 Å². The second kappa shape index (κ2) is 2.99. The Morgan fingerprint density at radius 2 is 2.44 bits per heavy atom. The van der Waals surface area contributed by atoms with Gasteiger partial charge in [-0.05, 0) is 19.8 Å². The number of nitrogens with one attached hydrogen (secondary N) is 2. The Balaban J connectivity index is 2.31. The molecule has 0 amide bonds. The summed E-state index contributed by atoms with van der Waals surface area (Å²) >= 11 is 0. The molecule has 2 heteroatoms. The second-order valence-corrected chi connectivity index (χ2v) is 2.61. The molecule has 1 aliphatic rings. The molecular formula is C7H14N2. The van der Waals surface area contributed by atoms with Gasteiger partial charge < -0.3 is 0 Å². The van der Waals surface area contributed by atoms with E-state index < -0.39 is 0 Å². The summed E-state index contributed by atoms with van der Waals surface area (Å²) in [4.78, 5) is 0. The molecule has 0 spiro atoms. The Kier molecular flexibility index (Phi) is 2.25. The summed E-state index contributed by atoms with van der Waals surface area (Å²) in [6, 6.07) is 0.499. The van der Waals surface area contributed by atoms with Crippen LogP contribution in [-0.4, -0.2) is 12.6 Å². The molecule has 0 aromatic heterocycles. The van der Waals surface area contributed by atoms with Crippen molar-refractivity contribution in [2.45, 2.75) is 25.8 Å². The molecule has 0 radical (unpaired) electrons. The van der Waals surface area contributed by atoms with Crippen LogP contribution in [0.5, 0.6) is 0 Å². The molecule has 1 fully saturated rings. The molecule has 9 heavy (non-hydrogen) atoms. The van der Waals surface area contributed by atoms with E-state index in [0.29, 0.717) is 6.04 Å². The van der Waals surface area contributed by atoms with Gasteiger partial charge >= 0.3 is 0 Å². The van der Waals surface area contributed by atoms with Crippen molar-refractivity contribution < 1.29 is 0 Å². The van der Waals surface area contributed by atoms with E-state index in [1.807, 2.05) is 0 Å². The zero-order valence-electron chi connectivity index (χ0n) is 5.91. The van der Waals surface area contributed by atoms with Gasteiger partial charge in [-0.25, -0.2) is 0 Å². The topological polar surface area (TPSA) is 24.1 Å². The molecule has 1 atom stereocenters. The maximum absolute atomic E-state index is 3.88. The number of hydrogen-bond donors (Lipinski definition) is 2. The Morgan fingerprint density at radius 3 is 2.78 bits per heavy atom. The van der Waals surface area contributed by atoms with Crippen molar-refractivity contribution in [1.29, 1.82) is 0 Å². The monoisotopic (exact) mass is 126 g/mol. The van der Waals surface area contributed by atoms with E-state index in [4.69, 9.17) is 0 Å². The van der Waals surface area contributed by atoms with Gasteiger partial charge in [-0.3, -0.25) is 10.9 Å². The largest absolute Gasteiger partial charge is 0.257 e. The maximum atomic E-state index is 3.88. The fourth-order valence-corrected chi connectivity index (χ4v) is 1.03. The number of hydrazine groups is 1. The molecule has 1 saturated heterocycles.